The number of ether oxygens (including phenoxy) is 1. The van der Waals surface area contributed by atoms with E-state index in [2.05, 4.69) is 53.1 Å². The summed E-state index contributed by atoms with van der Waals surface area (Å²) in [4.78, 5) is 24.9. The first-order valence-electron chi connectivity index (χ1n) is 25.3. The molecule has 0 bridgehead atoms. The van der Waals surface area contributed by atoms with Gasteiger partial charge in [0.05, 0.1) is 38.6 Å². The summed E-state index contributed by atoms with van der Waals surface area (Å²) in [7, 11) is -12.9. The molecule has 0 aromatic rings. The minimum Gasteiger partial charge on any atom is -0.393 e. The van der Waals surface area contributed by atoms with Crippen LogP contribution in [-0.4, -0.2) is 81.9 Å². The zero-order valence-electron chi connectivity index (χ0n) is 41.6. The fourth-order valence-corrected chi connectivity index (χ4v) is 18.0. The van der Waals surface area contributed by atoms with E-state index in [0.29, 0.717) is 59.8 Å². The molecule has 6 unspecified atom stereocenters. The largest absolute Gasteiger partial charge is 0.523 e. The molecule has 0 spiro atoms. The minimum atomic E-state index is -5.80. The van der Waals surface area contributed by atoms with Crippen LogP contribution in [0.4, 0.5) is 13.2 Å². The zero-order valence-corrected chi connectivity index (χ0v) is 44.2. The van der Waals surface area contributed by atoms with Gasteiger partial charge in [0.25, 0.3) is 0 Å². The quantitative estimate of drug-likeness (QED) is 0.0753. The number of aliphatic hydroxyl groups excluding tert-OH is 1. The predicted molar refractivity (Wildman–Crippen MR) is 252 cm³/mol. The third-order valence-corrected chi connectivity index (χ3v) is 22.7. The van der Waals surface area contributed by atoms with Crippen LogP contribution in [0.3, 0.4) is 0 Å². The van der Waals surface area contributed by atoms with E-state index in [4.69, 9.17) is 13.8 Å². The Morgan fingerprint density at radius 3 is 1.46 bits per heavy atom. The molecule has 390 valence electrons. The lowest BCUT2D eigenvalue weighted by Gasteiger charge is -2.57. The molecule has 13 nitrogen and oxygen atoms in total. The minimum absolute atomic E-state index is 0.0168. The fraction of sp³-hybridized carbons (Fsp3) is 0.878. The lowest BCUT2D eigenvalue weighted by Crippen LogP contribution is -2.50. The van der Waals surface area contributed by atoms with Crippen molar-refractivity contribution in [2.24, 2.45) is 57.2 Å². The van der Waals surface area contributed by atoms with Crippen molar-refractivity contribution in [3.63, 3.8) is 0 Å². The monoisotopic (exact) mass is 1030 g/mol. The van der Waals surface area contributed by atoms with Crippen molar-refractivity contribution in [1.82, 2.24) is 0 Å². The zero-order chi connectivity index (χ0) is 50.1. The van der Waals surface area contributed by atoms with E-state index in [9.17, 15) is 45.4 Å². The van der Waals surface area contributed by atoms with Crippen LogP contribution in [0, 0.1) is 57.2 Å². The van der Waals surface area contributed by atoms with Crippen molar-refractivity contribution in [1.29, 1.82) is 0 Å². The summed E-state index contributed by atoms with van der Waals surface area (Å²) >= 11 is 0. The van der Waals surface area contributed by atoms with Gasteiger partial charge in [0, 0.05) is 23.7 Å². The molecule has 6 saturated carbocycles. The van der Waals surface area contributed by atoms with Crippen LogP contribution in [0.1, 0.15) is 158 Å². The molecule has 8 aliphatic rings. The summed E-state index contributed by atoms with van der Waals surface area (Å²) in [5.41, 5.74) is -2.09. The van der Waals surface area contributed by atoms with Crippen molar-refractivity contribution in [3.05, 3.63) is 23.3 Å². The first-order chi connectivity index (χ1) is 31.8. The number of rotatable bonds is 14. The number of carbonyl (C=O) groups is 2. The van der Waals surface area contributed by atoms with Crippen LogP contribution in [0.15, 0.2) is 23.3 Å². The van der Waals surface area contributed by atoms with Gasteiger partial charge in [-0.05, 0) is 164 Å². The van der Waals surface area contributed by atoms with E-state index < -0.39 is 37.2 Å². The Hall–Kier alpha value is -1.26. The summed E-state index contributed by atoms with van der Waals surface area (Å²) < 4.78 is 111. The second kappa shape index (κ2) is 21.7. The van der Waals surface area contributed by atoms with Gasteiger partial charge in [0.2, 0.25) is 0 Å². The molecular formula is C49H79F3O13P2S. The highest BCUT2D eigenvalue weighted by molar-refractivity contribution is 7.87. The molecule has 0 aromatic heterocycles. The number of allylic oxidation sites excluding steroid dienone is 2. The Morgan fingerprint density at radius 2 is 1.01 bits per heavy atom. The third-order valence-electron chi connectivity index (χ3n) is 18.0. The van der Waals surface area contributed by atoms with Crippen LogP contribution in [0.2, 0.25) is 0 Å². The van der Waals surface area contributed by atoms with Gasteiger partial charge in [-0.25, -0.2) is 0 Å². The average Bonchev–Trinajstić information content (AvgIpc) is 3.76. The van der Waals surface area contributed by atoms with E-state index in [1.54, 1.807) is 0 Å². The summed E-state index contributed by atoms with van der Waals surface area (Å²) in [5.74, 6) is 5.01. The highest BCUT2D eigenvalue weighted by atomic mass is 32.2. The van der Waals surface area contributed by atoms with E-state index in [0.717, 1.165) is 95.8 Å². The summed E-state index contributed by atoms with van der Waals surface area (Å²) in [6.07, 6.45) is 20.2. The lowest BCUT2D eigenvalue weighted by atomic mass is 9.48. The van der Waals surface area contributed by atoms with Crippen molar-refractivity contribution in [2.45, 2.75) is 176 Å². The molecule has 0 heterocycles. The maximum absolute atomic E-state index is 12.7. The Balaban J connectivity index is 0.000000177. The van der Waals surface area contributed by atoms with Crippen LogP contribution in [-0.2, 0) is 55.9 Å². The number of hydrogen-bond acceptors (Lipinski definition) is 13. The number of Topliss-reactive ketones (excluding diaryl/α,β-unsaturated/α-hetero) is 2. The van der Waals surface area contributed by atoms with E-state index in [1.807, 2.05) is 13.8 Å². The Bertz CT molecular complexity index is 2080. The molecule has 0 aliphatic heterocycles. The normalized spacial score (nSPS) is 37.9. The van der Waals surface area contributed by atoms with Crippen LogP contribution in [0.25, 0.3) is 0 Å². The molecule has 0 saturated heterocycles. The Morgan fingerprint density at radius 1 is 0.618 bits per heavy atom. The summed E-state index contributed by atoms with van der Waals surface area (Å²) in [6, 6.07) is 0. The SMILES string of the molecule is CCOP(=O)(COS(=O)(=O)C(F)(F)F)OCC.CCOP(=O)(CO[C@H]1CC[C@@]2(C)C(=CCC3C2CC[C@]2(C)C(=O)CCC32)C1)OCC.C[C@]12CC[C@H](O)CC1=CCC1C2CC[C@]2(C)C(=O)CCC12. The number of hydrogen-bond donors (Lipinski definition) is 1. The van der Waals surface area contributed by atoms with Gasteiger partial charge in [-0.3, -0.25) is 22.9 Å². The maximum atomic E-state index is 12.7. The number of fused-ring (bicyclic) bond motifs is 10. The molecule has 1 N–H and O–H groups in total. The number of aliphatic hydroxyl groups is 1. The van der Waals surface area contributed by atoms with Crippen molar-refractivity contribution >= 4 is 36.9 Å². The number of ketones is 2. The number of alkyl halides is 3. The van der Waals surface area contributed by atoms with E-state index in [-0.39, 0.29) is 48.0 Å². The highest BCUT2D eigenvalue weighted by Gasteiger charge is 2.60. The standard InChI is InChI=1S/C24H39O5P.C19H28O2.C6H12F3O6PS/c1-5-28-30(26,29-6-2)16-27-18-11-13-23(3)17(15-18)7-8-19-20-9-10-22(25)24(20,4)14-12-21(19)23;1-18-9-7-13(20)11-12(18)3-4-14-15-5-6-17(21)19(15,2)10-8-16(14)18;1-3-13-16(10,14-4-2)5-15-17(11,12)6(7,8)9/h7,18-21H,5-6,8-16H2,1-4H3;3,13-16,20H,4-11H2,1-2H3;3-5H2,1-2H3/t18-,19?,20?,21?,23-,24-;13-,14?,15?,16?,18-,19-;/m00./s1. The van der Waals surface area contributed by atoms with Crippen molar-refractivity contribution in [2.75, 3.05) is 39.1 Å². The van der Waals surface area contributed by atoms with Gasteiger partial charge >= 0.3 is 30.8 Å². The number of halogens is 3. The lowest BCUT2D eigenvalue weighted by molar-refractivity contribution is -0.132. The summed E-state index contributed by atoms with van der Waals surface area (Å²) in [5, 5.41) is 10.00. The molecule has 8 aliphatic carbocycles. The van der Waals surface area contributed by atoms with Gasteiger partial charge < -0.3 is 27.9 Å². The third kappa shape index (κ3) is 11.3. The molecule has 0 aromatic carbocycles. The smallest absolute Gasteiger partial charge is 0.393 e. The van der Waals surface area contributed by atoms with Gasteiger partial charge in [0.15, 0.2) is 6.35 Å². The molecule has 8 rings (SSSR count). The maximum Gasteiger partial charge on any atom is 0.523 e. The van der Waals surface area contributed by atoms with Gasteiger partial charge in [-0.15, -0.1) is 0 Å². The van der Waals surface area contributed by atoms with Crippen molar-refractivity contribution < 1.29 is 72.4 Å². The van der Waals surface area contributed by atoms with E-state index >= 15 is 0 Å². The molecule has 6 fully saturated rings. The van der Waals surface area contributed by atoms with Gasteiger partial charge in [-0.2, -0.15) is 21.6 Å². The van der Waals surface area contributed by atoms with Crippen molar-refractivity contribution in [3.8, 4) is 0 Å². The van der Waals surface area contributed by atoms with Crippen LogP contribution < -0.4 is 0 Å². The van der Waals surface area contributed by atoms with Crippen LogP contribution in [0.5, 0.6) is 0 Å². The second-order valence-electron chi connectivity index (χ2n) is 21.5. The fourth-order valence-electron chi connectivity index (χ4n) is 14.4. The summed E-state index contributed by atoms with van der Waals surface area (Å²) in [6.45, 7) is 16.4. The number of carbonyl (C=O) groups excluding carboxylic acids is 2. The molecular weight excluding hydrogens is 948 g/mol. The molecule has 12 atom stereocenters. The van der Waals surface area contributed by atoms with Gasteiger partial charge in [-0.1, -0.05) is 51.0 Å². The average molecular weight is 1030 g/mol. The topological polar surface area (TPSA) is 178 Å². The highest BCUT2D eigenvalue weighted by Crippen LogP contribution is 2.66. The molecule has 0 radical (unpaired) electrons. The van der Waals surface area contributed by atoms with E-state index in [1.165, 1.54) is 37.8 Å². The van der Waals surface area contributed by atoms with Crippen LogP contribution >= 0.6 is 15.2 Å². The Labute approximate surface area is 403 Å². The predicted octanol–water partition coefficient (Wildman–Crippen LogP) is 12.1. The Kier molecular flexibility index (Phi) is 17.9. The first kappa shape index (κ1) is 56.0. The molecule has 68 heavy (non-hydrogen) atoms. The second-order valence-corrected chi connectivity index (χ2v) is 27.1. The van der Waals surface area contributed by atoms with Gasteiger partial charge in [0.1, 0.15) is 17.9 Å². The first-order valence-corrected chi connectivity index (χ1v) is 30.1. The molecule has 19 heteroatoms. The molecule has 0 amide bonds.